The van der Waals surface area contributed by atoms with Crippen LogP contribution in [0.25, 0.3) is 0 Å². The Hall–Kier alpha value is -1.38. The molecular weight excluding hydrogens is 877 g/mol. The van der Waals surface area contributed by atoms with Crippen LogP contribution in [0.1, 0.15) is 379 Å². The highest BCUT2D eigenvalue weighted by Crippen LogP contribution is 2.40. The molecule has 1 aromatic rings. The minimum absolute atomic E-state index is 0.735. The van der Waals surface area contributed by atoms with Crippen molar-refractivity contribution in [3.63, 3.8) is 0 Å². The van der Waals surface area contributed by atoms with Gasteiger partial charge in [-0.15, -0.1) is 0 Å². The summed E-state index contributed by atoms with van der Waals surface area (Å²) < 4.78 is 19.9. The Labute approximate surface area is 454 Å². The van der Waals surface area contributed by atoms with E-state index in [0.29, 0.717) is 0 Å². The minimum atomic E-state index is 0.735. The van der Waals surface area contributed by atoms with Crippen LogP contribution >= 0.6 is 0 Å². The van der Waals surface area contributed by atoms with Gasteiger partial charge in [0.05, 0.1) is 19.8 Å². The lowest BCUT2D eigenvalue weighted by molar-refractivity contribution is 0.234. The number of aryl methyl sites for hydroxylation is 1. The second-order valence-electron chi connectivity index (χ2n) is 23.1. The van der Waals surface area contributed by atoms with Gasteiger partial charge in [-0.25, -0.2) is 0 Å². The molecule has 0 bridgehead atoms. The topological polar surface area (TPSA) is 27.7 Å². The molecule has 3 nitrogen and oxygen atoms in total. The predicted molar refractivity (Wildman–Crippen MR) is 323 cm³/mol. The number of unbranched alkanes of at least 4 members (excludes halogenated alkanes) is 51. The van der Waals surface area contributed by atoms with Crippen LogP contribution < -0.4 is 14.2 Å². The van der Waals surface area contributed by atoms with E-state index >= 15 is 0 Å². The molecule has 0 aromatic heterocycles. The molecule has 1 rings (SSSR count). The van der Waals surface area contributed by atoms with E-state index in [-0.39, 0.29) is 0 Å². The molecule has 425 valence electrons. The molecule has 0 aliphatic heterocycles. The Morgan fingerprint density at radius 2 is 0.431 bits per heavy atom. The molecule has 0 unspecified atom stereocenters. The van der Waals surface area contributed by atoms with Gasteiger partial charge >= 0.3 is 0 Å². The Kier molecular flexibility index (Phi) is 56.1. The fraction of sp³-hybridized carbons (Fsp3) is 0.899. The molecule has 0 heterocycles. The highest BCUT2D eigenvalue weighted by atomic mass is 16.5. The molecule has 0 saturated heterocycles. The molecule has 72 heavy (non-hydrogen) atoms. The summed E-state index contributed by atoms with van der Waals surface area (Å²) in [7, 11) is 0. The highest BCUT2D eigenvalue weighted by molar-refractivity contribution is 5.54. The van der Waals surface area contributed by atoms with Crippen molar-refractivity contribution < 1.29 is 14.2 Å². The van der Waals surface area contributed by atoms with Gasteiger partial charge in [0, 0.05) is 0 Å². The van der Waals surface area contributed by atoms with Crippen LogP contribution in [0, 0.1) is 6.92 Å². The minimum Gasteiger partial charge on any atom is -0.490 e. The molecule has 3 heteroatoms. The van der Waals surface area contributed by atoms with Gasteiger partial charge in [0.1, 0.15) is 0 Å². The van der Waals surface area contributed by atoms with Crippen molar-refractivity contribution in [2.75, 3.05) is 19.8 Å². The van der Waals surface area contributed by atoms with Crippen LogP contribution in [-0.2, 0) is 6.42 Å². The predicted octanol–water partition coefficient (Wildman–Crippen LogP) is 24.7. The van der Waals surface area contributed by atoms with Crippen molar-refractivity contribution in [3.8, 4) is 17.2 Å². The molecule has 0 fully saturated rings. The summed E-state index contributed by atoms with van der Waals surface area (Å²) in [6, 6.07) is 4.46. The first-order valence-electron chi connectivity index (χ1n) is 33.6. The smallest absolute Gasteiger partial charge is 0.203 e. The van der Waals surface area contributed by atoms with Gasteiger partial charge in [-0.05, 0) is 49.8 Å². The van der Waals surface area contributed by atoms with Gasteiger partial charge in [0.25, 0.3) is 0 Å². The van der Waals surface area contributed by atoms with Gasteiger partial charge in [-0.3, -0.25) is 0 Å². The fourth-order valence-corrected chi connectivity index (χ4v) is 10.9. The van der Waals surface area contributed by atoms with Crippen LogP contribution in [0.2, 0.25) is 0 Å². The van der Waals surface area contributed by atoms with Crippen LogP contribution in [0.5, 0.6) is 17.2 Å². The summed E-state index contributed by atoms with van der Waals surface area (Å²) in [6.07, 6.45) is 77.1. The van der Waals surface area contributed by atoms with Gasteiger partial charge in [-0.2, -0.15) is 0 Å². The van der Waals surface area contributed by atoms with Crippen LogP contribution in [0.4, 0.5) is 0 Å². The number of benzene rings is 1. The molecule has 0 aliphatic rings. The van der Waals surface area contributed by atoms with E-state index in [1.165, 1.54) is 333 Å². The number of hydrogen-bond donors (Lipinski definition) is 0. The zero-order valence-electron chi connectivity index (χ0n) is 49.8. The van der Waals surface area contributed by atoms with E-state index in [4.69, 9.17) is 14.2 Å². The third-order valence-electron chi connectivity index (χ3n) is 15.8. The molecule has 1 radical (unpaired) electrons. The Bertz CT molecular complexity index is 1100. The maximum Gasteiger partial charge on any atom is 0.203 e. The van der Waals surface area contributed by atoms with Gasteiger partial charge in [0.2, 0.25) is 5.75 Å². The molecule has 0 aliphatic carbocycles. The summed E-state index contributed by atoms with van der Waals surface area (Å²) in [4.78, 5) is 0. The molecule has 0 saturated carbocycles. The average Bonchev–Trinajstić information content (AvgIpc) is 3.39. The van der Waals surface area contributed by atoms with Crippen LogP contribution in [0.3, 0.4) is 0 Å². The number of hydrogen-bond acceptors (Lipinski definition) is 3. The Morgan fingerprint density at radius 3 is 0.625 bits per heavy atom. The molecule has 1 aromatic carbocycles. The van der Waals surface area contributed by atoms with Crippen LogP contribution in [0.15, 0.2) is 12.1 Å². The molecule has 0 atom stereocenters. The molecule has 0 spiro atoms. The summed E-state index contributed by atoms with van der Waals surface area (Å²) >= 11 is 0. The average molecular weight is 1010 g/mol. The van der Waals surface area contributed by atoms with E-state index in [0.717, 1.165) is 69.2 Å². The fourth-order valence-electron chi connectivity index (χ4n) is 10.9. The lowest BCUT2D eigenvalue weighted by Gasteiger charge is -2.19. The van der Waals surface area contributed by atoms with Crippen molar-refractivity contribution in [2.24, 2.45) is 0 Å². The van der Waals surface area contributed by atoms with Crippen LogP contribution in [-0.4, -0.2) is 19.8 Å². The van der Waals surface area contributed by atoms with E-state index in [1.54, 1.807) is 0 Å². The van der Waals surface area contributed by atoms with Gasteiger partial charge in [0.15, 0.2) is 11.5 Å². The largest absolute Gasteiger partial charge is 0.490 e. The van der Waals surface area contributed by atoms with E-state index in [2.05, 4.69) is 39.8 Å². The second kappa shape index (κ2) is 58.9. The number of rotatable bonds is 62. The van der Waals surface area contributed by atoms with E-state index in [9.17, 15) is 0 Å². The lowest BCUT2D eigenvalue weighted by Crippen LogP contribution is -2.07. The van der Waals surface area contributed by atoms with Crippen molar-refractivity contribution in [3.05, 3.63) is 24.6 Å². The first-order valence-corrected chi connectivity index (χ1v) is 33.6. The van der Waals surface area contributed by atoms with Gasteiger partial charge in [-0.1, -0.05) is 355 Å². The van der Waals surface area contributed by atoms with Crippen molar-refractivity contribution in [2.45, 2.75) is 380 Å². The SMILES string of the molecule is [CH2]CCc1cc(OCCCCCCCCCCCCCCCCCCCC)c(OCCCCCCCCCCCCCCCCCCCC)c(OCCCCCCCCCCCCCCCCCCCC)c1. The number of ether oxygens (including phenoxy) is 3. The third-order valence-corrected chi connectivity index (χ3v) is 15.8. The maximum absolute atomic E-state index is 6.65. The maximum atomic E-state index is 6.65. The van der Waals surface area contributed by atoms with Crippen molar-refractivity contribution in [1.82, 2.24) is 0 Å². The normalized spacial score (nSPS) is 11.6. The highest BCUT2D eigenvalue weighted by Gasteiger charge is 2.16. The quantitative estimate of drug-likeness (QED) is 0.0609. The summed E-state index contributed by atoms with van der Waals surface area (Å²) in [5.74, 6) is 2.63. The van der Waals surface area contributed by atoms with Crippen molar-refractivity contribution >= 4 is 0 Å². The van der Waals surface area contributed by atoms with E-state index in [1.807, 2.05) is 0 Å². The first kappa shape index (κ1) is 68.6. The lowest BCUT2D eigenvalue weighted by atomic mass is 10.0. The molecule has 0 N–H and O–H groups in total. The monoisotopic (exact) mass is 1010 g/mol. The molecular formula is C69H131O3. The zero-order valence-corrected chi connectivity index (χ0v) is 49.8. The standard InChI is InChI=1S/C69H131O3/c1-5-9-12-15-18-21-24-27-30-33-36-39-42-45-48-51-54-57-61-70-67-64-66(60-8-4)65-68(71-62-58-55-52-49-46-43-40-37-34-31-28-25-22-19-16-13-10-6-2)69(67)72-63-59-56-53-50-47-44-41-38-35-32-29-26-23-20-17-14-11-7-3/h64-65H,4-63H2,1-3H3. The second-order valence-corrected chi connectivity index (χ2v) is 23.1. The summed E-state index contributed by atoms with van der Waals surface area (Å²) in [6.45, 7) is 13.4. The third kappa shape index (κ3) is 48.3. The van der Waals surface area contributed by atoms with Gasteiger partial charge < -0.3 is 14.2 Å². The van der Waals surface area contributed by atoms with E-state index < -0.39 is 0 Å². The Morgan fingerprint density at radius 1 is 0.250 bits per heavy atom. The summed E-state index contributed by atoms with van der Waals surface area (Å²) in [5, 5.41) is 0. The zero-order chi connectivity index (χ0) is 51.6. The first-order chi connectivity index (χ1) is 35.8. The summed E-state index contributed by atoms with van der Waals surface area (Å²) in [5.41, 5.74) is 1.26. The van der Waals surface area contributed by atoms with Crippen molar-refractivity contribution in [1.29, 1.82) is 0 Å². The Balaban J connectivity index is 2.42. The molecule has 0 amide bonds.